The second kappa shape index (κ2) is 12.4. The topological polar surface area (TPSA) is 114 Å². The number of nitrogens with one attached hydrogen (secondary N) is 3. The van der Waals surface area contributed by atoms with E-state index in [1.807, 2.05) is 50.4 Å². The van der Waals surface area contributed by atoms with Gasteiger partial charge < -0.3 is 24.5 Å². The summed E-state index contributed by atoms with van der Waals surface area (Å²) in [4.78, 5) is 28.5. The number of hydrogen-bond donors (Lipinski definition) is 3. The highest BCUT2D eigenvalue weighted by Crippen LogP contribution is 2.33. The molecule has 0 saturated carbocycles. The first-order valence-electron chi connectivity index (χ1n) is 11.0. The number of carbonyl (C=O) groups excluding carboxylic acids is 2. The highest BCUT2D eigenvalue weighted by molar-refractivity contribution is 14.1. The van der Waals surface area contributed by atoms with Gasteiger partial charge in [0.25, 0.3) is 5.91 Å². The maximum Gasteiger partial charge on any atom is 0.407 e. The minimum Gasteiger partial charge on any atom is -0.493 e. The molecule has 0 bridgehead atoms. The minimum absolute atomic E-state index is 0.176. The van der Waals surface area contributed by atoms with Gasteiger partial charge in [-0.25, -0.2) is 10.2 Å². The summed E-state index contributed by atoms with van der Waals surface area (Å²) in [5, 5.41) is 7.73. The first-order valence-corrected chi connectivity index (χ1v) is 12.1. The zero-order valence-corrected chi connectivity index (χ0v) is 22.2. The lowest BCUT2D eigenvalue weighted by Crippen LogP contribution is -2.47. The number of fused-ring (bicyclic) bond motifs is 1. The fourth-order valence-corrected chi connectivity index (χ4v) is 4.26. The van der Waals surface area contributed by atoms with Crippen molar-refractivity contribution < 1.29 is 23.8 Å². The highest BCUT2D eigenvalue weighted by atomic mass is 127. The number of hydrogen-bond acceptors (Lipinski definition) is 6. The average molecular weight is 592 g/mol. The molecule has 0 aliphatic rings. The summed E-state index contributed by atoms with van der Waals surface area (Å²) in [7, 11) is 3.12. The maximum atomic E-state index is 13.0. The number of hydrazone groups is 1. The van der Waals surface area contributed by atoms with Crippen molar-refractivity contribution in [1.82, 2.24) is 15.7 Å². The lowest BCUT2D eigenvalue weighted by Gasteiger charge is -2.17. The molecule has 3 rings (SSSR count). The van der Waals surface area contributed by atoms with Crippen molar-refractivity contribution in [3.8, 4) is 11.5 Å². The van der Waals surface area contributed by atoms with E-state index in [1.54, 1.807) is 20.3 Å². The van der Waals surface area contributed by atoms with Gasteiger partial charge >= 0.3 is 6.09 Å². The van der Waals surface area contributed by atoms with Crippen molar-refractivity contribution in [2.45, 2.75) is 26.3 Å². The molecular formula is C25H29IN4O5. The zero-order valence-electron chi connectivity index (χ0n) is 20.1. The predicted molar refractivity (Wildman–Crippen MR) is 143 cm³/mol. The van der Waals surface area contributed by atoms with E-state index in [1.165, 1.54) is 6.21 Å². The Morgan fingerprint density at radius 2 is 1.94 bits per heavy atom. The van der Waals surface area contributed by atoms with Gasteiger partial charge in [0.2, 0.25) is 0 Å². The minimum atomic E-state index is -0.892. The lowest BCUT2D eigenvalue weighted by molar-refractivity contribution is -0.123. The second-order valence-electron chi connectivity index (χ2n) is 8.23. The van der Waals surface area contributed by atoms with Crippen molar-refractivity contribution in [1.29, 1.82) is 0 Å². The Balaban J connectivity index is 1.75. The Morgan fingerprint density at radius 1 is 1.17 bits per heavy atom. The number of ether oxygens (including phenoxy) is 3. The third kappa shape index (κ3) is 7.10. The molecule has 35 heavy (non-hydrogen) atoms. The molecule has 3 N–H and O–H groups in total. The molecule has 2 amide bonds. The number of alkyl carbamates (subject to hydrolysis) is 1. The number of rotatable bonds is 10. The molecule has 0 spiro atoms. The predicted octanol–water partition coefficient (Wildman–Crippen LogP) is 4.23. The third-order valence-corrected chi connectivity index (χ3v) is 5.90. The largest absolute Gasteiger partial charge is 0.493 e. The Bertz CT molecular complexity index is 1210. The summed E-state index contributed by atoms with van der Waals surface area (Å²) in [6.07, 6.45) is 2.94. The van der Waals surface area contributed by atoms with Gasteiger partial charge in [-0.15, -0.1) is 0 Å². The van der Waals surface area contributed by atoms with E-state index in [-0.39, 0.29) is 18.9 Å². The average Bonchev–Trinajstić information content (AvgIpc) is 3.24. The van der Waals surface area contributed by atoms with Crippen molar-refractivity contribution >= 4 is 51.7 Å². The summed E-state index contributed by atoms with van der Waals surface area (Å²) in [6, 6.07) is 10.5. The molecule has 9 nitrogen and oxygen atoms in total. The Hall–Kier alpha value is -3.28. The van der Waals surface area contributed by atoms with Crippen LogP contribution in [0.1, 0.15) is 25.0 Å². The van der Waals surface area contributed by atoms with E-state index in [9.17, 15) is 9.59 Å². The fraction of sp³-hybridized carbons (Fsp3) is 0.320. The molecule has 10 heteroatoms. The van der Waals surface area contributed by atoms with Crippen LogP contribution in [-0.2, 0) is 16.0 Å². The normalized spacial score (nSPS) is 12.1. The molecule has 0 saturated heterocycles. The molecule has 186 valence electrons. The SMILES string of the molecule is COc1cc(/C=N\NC(=O)[C@@H](Cc2c[nH]c3ccccc23)NC(=O)OCC(C)C)cc(I)c1OC. The quantitative estimate of drug-likeness (QED) is 0.185. The van der Waals surface area contributed by atoms with Crippen LogP contribution in [0.15, 0.2) is 47.7 Å². The van der Waals surface area contributed by atoms with Gasteiger partial charge in [0.05, 0.1) is 30.6 Å². The van der Waals surface area contributed by atoms with Gasteiger partial charge in [-0.2, -0.15) is 5.10 Å². The van der Waals surface area contributed by atoms with Gasteiger partial charge in [-0.05, 0) is 57.8 Å². The van der Waals surface area contributed by atoms with Crippen molar-refractivity contribution in [2.75, 3.05) is 20.8 Å². The number of nitrogens with zero attached hydrogens (tertiary/aromatic N) is 1. The summed E-state index contributed by atoms with van der Waals surface area (Å²) >= 11 is 2.14. The van der Waals surface area contributed by atoms with Crippen LogP contribution in [0.5, 0.6) is 11.5 Å². The van der Waals surface area contributed by atoms with Crippen molar-refractivity contribution in [3.05, 3.63) is 57.3 Å². The fourth-order valence-electron chi connectivity index (χ4n) is 3.42. The van der Waals surface area contributed by atoms with Gasteiger partial charge in [0, 0.05) is 23.5 Å². The maximum absolute atomic E-state index is 13.0. The standard InChI is InChI=1S/C25H29IN4O5/c1-15(2)14-35-25(32)29-21(11-17-13-27-20-8-6-5-7-18(17)20)24(31)30-28-12-16-9-19(26)23(34-4)22(10-16)33-3/h5-10,12-13,15,21,27H,11,14H2,1-4H3,(H,29,32)(H,30,31)/b28-12-/t21-/m1/s1. The number of aromatic amines is 1. The third-order valence-electron chi connectivity index (χ3n) is 5.10. The van der Waals surface area contributed by atoms with Crippen LogP contribution in [0.3, 0.4) is 0 Å². The van der Waals surface area contributed by atoms with Crippen molar-refractivity contribution in [3.63, 3.8) is 0 Å². The number of halogens is 1. The molecular weight excluding hydrogens is 563 g/mol. The lowest BCUT2D eigenvalue weighted by atomic mass is 10.0. The number of para-hydroxylation sites is 1. The Kier molecular flexibility index (Phi) is 9.35. The van der Waals surface area contributed by atoms with Gasteiger partial charge in [0.15, 0.2) is 11.5 Å². The summed E-state index contributed by atoms with van der Waals surface area (Å²) in [5.41, 5.74) is 5.08. The van der Waals surface area contributed by atoms with Gasteiger partial charge in [-0.1, -0.05) is 32.0 Å². The first-order chi connectivity index (χ1) is 16.8. The van der Waals surface area contributed by atoms with E-state index in [0.717, 1.165) is 20.0 Å². The molecule has 0 radical (unpaired) electrons. The summed E-state index contributed by atoms with van der Waals surface area (Å²) < 4.78 is 16.8. The monoisotopic (exact) mass is 592 g/mol. The van der Waals surface area contributed by atoms with Crippen LogP contribution in [0.25, 0.3) is 10.9 Å². The smallest absolute Gasteiger partial charge is 0.407 e. The van der Waals surface area contributed by atoms with E-state index in [4.69, 9.17) is 14.2 Å². The molecule has 2 aromatic carbocycles. The number of H-pyrrole nitrogens is 1. The number of carbonyl (C=O) groups is 2. The van der Waals surface area contributed by atoms with Crippen LogP contribution in [-0.4, -0.2) is 50.1 Å². The molecule has 0 unspecified atom stereocenters. The van der Waals surface area contributed by atoms with Gasteiger partial charge in [-0.3, -0.25) is 4.79 Å². The van der Waals surface area contributed by atoms with Crippen LogP contribution in [0.2, 0.25) is 0 Å². The van der Waals surface area contributed by atoms with Crippen LogP contribution < -0.4 is 20.2 Å². The Morgan fingerprint density at radius 3 is 2.66 bits per heavy atom. The molecule has 0 aliphatic carbocycles. The molecule has 1 aromatic heterocycles. The van der Waals surface area contributed by atoms with Crippen molar-refractivity contribution in [2.24, 2.45) is 11.0 Å². The van der Waals surface area contributed by atoms with E-state index < -0.39 is 18.0 Å². The van der Waals surface area contributed by atoms with Crippen LogP contribution >= 0.6 is 22.6 Å². The van der Waals surface area contributed by atoms with Crippen LogP contribution in [0, 0.1) is 9.49 Å². The number of amides is 2. The van der Waals surface area contributed by atoms with Gasteiger partial charge in [0.1, 0.15) is 6.04 Å². The zero-order chi connectivity index (χ0) is 25.4. The number of methoxy groups -OCH3 is 2. The highest BCUT2D eigenvalue weighted by Gasteiger charge is 2.23. The summed E-state index contributed by atoms with van der Waals surface area (Å²) in [6.45, 7) is 4.13. The molecule has 1 heterocycles. The molecule has 3 aromatic rings. The Labute approximate surface area is 217 Å². The number of aromatic nitrogens is 1. The molecule has 0 fully saturated rings. The van der Waals surface area contributed by atoms with E-state index >= 15 is 0 Å². The van der Waals surface area contributed by atoms with Crippen LogP contribution in [0.4, 0.5) is 4.79 Å². The molecule has 1 atom stereocenters. The summed E-state index contributed by atoms with van der Waals surface area (Å²) in [5.74, 6) is 0.884. The number of benzene rings is 2. The molecule has 0 aliphatic heterocycles. The second-order valence-corrected chi connectivity index (χ2v) is 9.39. The van der Waals surface area contributed by atoms with E-state index in [2.05, 4.69) is 43.4 Å². The van der Waals surface area contributed by atoms with E-state index in [0.29, 0.717) is 17.1 Å². The first kappa shape index (κ1) is 26.3.